The van der Waals surface area contributed by atoms with Gasteiger partial charge in [-0.2, -0.15) is 0 Å². The molecule has 5 nitrogen and oxygen atoms in total. The lowest BCUT2D eigenvalue weighted by Crippen LogP contribution is -2.39. The maximum atomic E-state index is 11.5. The van der Waals surface area contributed by atoms with Crippen molar-refractivity contribution in [3.63, 3.8) is 0 Å². The molecule has 0 unspecified atom stereocenters. The lowest BCUT2D eigenvalue weighted by atomic mass is 10.2. The fourth-order valence-electron chi connectivity index (χ4n) is 1.29. The normalized spacial score (nSPS) is 10.3. The smallest absolute Gasteiger partial charge is 0.303 e. The first-order valence-electron chi connectivity index (χ1n) is 4.84. The summed E-state index contributed by atoms with van der Waals surface area (Å²) < 4.78 is 2.23. The Morgan fingerprint density at radius 3 is 2.67 bits per heavy atom. The molecule has 0 spiro atoms. The van der Waals surface area contributed by atoms with Crippen molar-refractivity contribution in [2.24, 2.45) is 7.05 Å². The highest BCUT2D eigenvalue weighted by Gasteiger charge is 2.07. The van der Waals surface area contributed by atoms with Crippen LogP contribution in [0.1, 0.15) is 19.8 Å². The molecule has 1 rings (SSSR count). The molecule has 0 aliphatic rings. The van der Waals surface area contributed by atoms with Gasteiger partial charge in [0.05, 0.1) is 6.54 Å². The molecule has 1 heterocycles. The first-order valence-corrected chi connectivity index (χ1v) is 4.84. The summed E-state index contributed by atoms with van der Waals surface area (Å²) in [4.78, 5) is 34.2. The van der Waals surface area contributed by atoms with Crippen molar-refractivity contribution in [1.82, 2.24) is 9.13 Å². The summed E-state index contributed by atoms with van der Waals surface area (Å²) in [6.45, 7) is 1.75. The molecular formula is C10H14N2O3. The number of ketones is 1. The standard InChI is InChI=1S/C10H14N2O3/c1-3-4-8(13)7-12-9(14)5-6-11(2)10(12)15/h5-6H,3-4,7H2,1-2H3. The van der Waals surface area contributed by atoms with Crippen LogP contribution in [0.15, 0.2) is 21.9 Å². The largest absolute Gasteiger partial charge is 0.331 e. The number of rotatable bonds is 4. The third-order valence-electron chi connectivity index (χ3n) is 2.10. The van der Waals surface area contributed by atoms with Gasteiger partial charge in [-0.25, -0.2) is 4.79 Å². The zero-order chi connectivity index (χ0) is 11.4. The topological polar surface area (TPSA) is 61.1 Å². The van der Waals surface area contributed by atoms with Gasteiger partial charge < -0.3 is 4.57 Å². The van der Waals surface area contributed by atoms with E-state index < -0.39 is 11.2 Å². The van der Waals surface area contributed by atoms with Crippen LogP contribution in [-0.2, 0) is 18.4 Å². The molecule has 0 amide bonds. The molecule has 15 heavy (non-hydrogen) atoms. The summed E-state index contributed by atoms with van der Waals surface area (Å²) in [5.41, 5.74) is -0.880. The summed E-state index contributed by atoms with van der Waals surface area (Å²) in [5, 5.41) is 0. The van der Waals surface area contributed by atoms with E-state index in [1.54, 1.807) is 7.05 Å². The maximum Gasteiger partial charge on any atom is 0.331 e. The molecule has 0 radical (unpaired) electrons. The minimum absolute atomic E-state index is 0.0945. The Hall–Kier alpha value is -1.65. The van der Waals surface area contributed by atoms with Crippen LogP contribution in [-0.4, -0.2) is 14.9 Å². The van der Waals surface area contributed by atoms with Gasteiger partial charge in [0, 0.05) is 25.7 Å². The molecule has 0 N–H and O–H groups in total. The lowest BCUT2D eigenvalue weighted by Gasteiger charge is -2.04. The third-order valence-corrected chi connectivity index (χ3v) is 2.10. The highest BCUT2D eigenvalue weighted by atomic mass is 16.2. The average Bonchev–Trinajstić information content (AvgIpc) is 2.19. The number of aryl methyl sites for hydroxylation is 1. The van der Waals surface area contributed by atoms with Crippen molar-refractivity contribution >= 4 is 5.78 Å². The first kappa shape index (κ1) is 11.4. The molecule has 0 aromatic carbocycles. The monoisotopic (exact) mass is 210 g/mol. The van der Waals surface area contributed by atoms with Gasteiger partial charge in [0.2, 0.25) is 0 Å². The van der Waals surface area contributed by atoms with E-state index in [1.165, 1.54) is 16.8 Å². The average molecular weight is 210 g/mol. The Labute approximate surface area is 87.0 Å². The lowest BCUT2D eigenvalue weighted by molar-refractivity contribution is -0.119. The van der Waals surface area contributed by atoms with Gasteiger partial charge in [-0.05, 0) is 6.42 Å². The van der Waals surface area contributed by atoms with Gasteiger partial charge in [0.25, 0.3) is 5.56 Å². The van der Waals surface area contributed by atoms with E-state index >= 15 is 0 Å². The Morgan fingerprint density at radius 2 is 2.07 bits per heavy atom. The quantitative estimate of drug-likeness (QED) is 0.698. The predicted octanol–water partition coefficient (Wildman–Crippen LogP) is -0.0838. The van der Waals surface area contributed by atoms with Gasteiger partial charge in [-0.15, -0.1) is 0 Å². The van der Waals surface area contributed by atoms with Crippen molar-refractivity contribution < 1.29 is 4.79 Å². The highest BCUT2D eigenvalue weighted by molar-refractivity contribution is 5.78. The number of aromatic nitrogens is 2. The van der Waals surface area contributed by atoms with E-state index in [2.05, 4.69) is 0 Å². The van der Waals surface area contributed by atoms with Gasteiger partial charge in [-0.3, -0.25) is 14.2 Å². The van der Waals surface area contributed by atoms with Crippen molar-refractivity contribution in [3.05, 3.63) is 33.1 Å². The molecule has 1 aromatic rings. The molecule has 82 valence electrons. The van der Waals surface area contributed by atoms with Crippen molar-refractivity contribution in [2.75, 3.05) is 0 Å². The van der Waals surface area contributed by atoms with E-state index in [1.807, 2.05) is 6.92 Å². The molecule has 1 aromatic heterocycles. The Bertz CT molecular complexity index is 470. The van der Waals surface area contributed by atoms with Crippen LogP contribution < -0.4 is 11.2 Å². The van der Waals surface area contributed by atoms with Crippen molar-refractivity contribution in [3.8, 4) is 0 Å². The Balaban J connectivity index is 3.05. The van der Waals surface area contributed by atoms with Crippen LogP contribution in [0.25, 0.3) is 0 Å². The first-order chi connectivity index (χ1) is 7.06. The summed E-state index contributed by atoms with van der Waals surface area (Å²) in [6, 6.07) is 1.28. The molecule has 5 heteroatoms. The van der Waals surface area contributed by atoms with Gasteiger partial charge in [0.15, 0.2) is 5.78 Å². The molecule has 0 aliphatic carbocycles. The second-order valence-electron chi connectivity index (χ2n) is 3.42. The predicted molar refractivity (Wildman–Crippen MR) is 55.9 cm³/mol. The second-order valence-corrected chi connectivity index (χ2v) is 3.42. The number of Topliss-reactive ketones (excluding diaryl/α,β-unsaturated/α-hetero) is 1. The molecule has 0 saturated carbocycles. The summed E-state index contributed by atoms with van der Waals surface area (Å²) in [7, 11) is 1.54. The van der Waals surface area contributed by atoms with Gasteiger partial charge in [-0.1, -0.05) is 6.92 Å². The molecule has 0 aliphatic heterocycles. The van der Waals surface area contributed by atoms with Crippen LogP contribution in [0, 0.1) is 0 Å². The highest BCUT2D eigenvalue weighted by Crippen LogP contribution is 1.90. The summed E-state index contributed by atoms with van der Waals surface area (Å²) >= 11 is 0. The van der Waals surface area contributed by atoms with E-state index in [4.69, 9.17) is 0 Å². The Kier molecular flexibility index (Phi) is 3.60. The number of hydrogen-bond donors (Lipinski definition) is 0. The minimum Gasteiger partial charge on any atom is -0.303 e. The van der Waals surface area contributed by atoms with Crippen LogP contribution in [0.5, 0.6) is 0 Å². The number of nitrogens with zero attached hydrogens (tertiary/aromatic N) is 2. The Morgan fingerprint density at radius 1 is 1.40 bits per heavy atom. The molecule has 0 bridgehead atoms. The number of carbonyl (C=O) groups excluding carboxylic acids is 1. The van der Waals surface area contributed by atoms with E-state index in [9.17, 15) is 14.4 Å². The summed E-state index contributed by atoms with van der Waals surface area (Å²) in [6.07, 6.45) is 2.51. The second kappa shape index (κ2) is 4.72. The van der Waals surface area contributed by atoms with Crippen LogP contribution in [0.3, 0.4) is 0 Å². The van der Waals surface area contributed by atoms with Crippen LogP contribution in [0.4, 0.5) is 0 Å². The van der Waals surface area contributed by atoms with E-state index in [0.29, 0.717) is 6.42 Å². The van der Waals surface area contributed by atoms with Crippen molar-refractivity contribution in [1.29, 1.82) is 0 Å². The zero-order valence-corrected chi connectivity index (χ0v) is 8.90. The van der Waals surface area contributed by atoms with Crippen LogP contribution >= 0.6 is 0 Å². The van der Waals surface area contributed by atoms with E-state index in [0.717, 1.165) is 11.0 Å². The molecular weight excluding hydrogens is 196 g/mol. The van der Waals surface area contributed by atoms with E-state index in [-0.39, 0.29) is 12.3 Å². The maximum absolute atomic E-state index is 11.5. The number of carbonyl (C=O) groups is 1. The molecule has 0 fully saturated rings. The fraction of sp³-hybridized carbons (Fsp3) is 0.500. The van der Waals surface area contributed by atoms with Crippen LogP contribution in [0.2, 0.25) is 0 Å². The SMILES string of the molecule is CCCC(=O)Cn1c(=O)ccn(C)c1=O. The third kappa shape index (κ3) is 2.65. The zero-order valence-electron chi connectivity index (χ0n) is 8.90. The number of hydrogen-bond acceptors (Lipinski definition) is 3. The van der Waals surface area contributed by atoms with Crippen molar-refractivity contribution in [2.45, 2.75) is 26.3 Å². The molecule has 0 saturated heterocycles. The summed E-state index contributed by atoms with van der Waals surface area (Å²) in [5.74, 6) is -0.0945. The van der Waals surface area contributed by atoms with Gasteiger partial charge >= 0.3 is 5.69 Å². The van der Waals surface area contributed by atoms with Gasteiger partial charge in [0.1, 0.15) is 0 Å². The molecule has 0 atom stereocenters. The minimum atomic E-state index is -0.452. The fourth-order valence-corrected chi connectivity index (χ4v) is 1.29.